The number of hydrogen-bond donors (Lipinski definition) is 0. The lowest BCUT2D eigenvalue weighted by atomic mass is 9.73. The van der Waals surface area contributed by atoms with Crippen molar-refractivity contribution in [2.24, 2.45) is 17.8 Å². The molecule has 334 valence electrons. The third kappa shape index (κ3) is 33.9. The van der Waals surface area contributed by atoms with Crippen molar-refractivity contribution >= 4 is 11.9 Å². The largest absolute Gasteiger partial charge is 0.435 e. The highest BCUT2D eigenvalue weighted by Gasteiger charge is 2.41. The second-order valence-corrected chi connectivity index (χ2v) is 18.3. The van der Waals surface area contributed by atoms with Crippen LogP contribution in [0.25, 0.3) is 0 Å². The molecule has 0 aromatic heterocycles. The molecule has 1 aliphatic carbocycles. The number of esters is 2. The summed E-state index contributed by atoms with van der Waals surface area (Å²) in [4.78, 5) is 26.1. The number of hydrogen-bond acceptors (Lipinski definition) is 4. The van der Waals surface area contributed by atoms with Crippen LogP contribution >= 0.6 is 0 Å². The van der Waals surface area contributed by atoms with Crippen molar-refractivity contribution < 1.29 is 19.1 Å². The first-order valence-corrected chi connectivity index (χ1v) is 25.8. The standard InChI is InChI=1S/C53H98O4/c1-4-6-8-10-12-14-16-18-20-22-24-26-28-30-32-34-36-38-40-42-47-56-52(54)50-46-44-45-49(3)51(50)53(55)57-48-43-41-39-37-35-33-31-29-27-25-23-21-19-17-15-13-11-9-7-5-2/h42-43,47-51H,4-41,44-46H2,1-3H3. The first kappa shape index (κ1) is 53.4. The van der Waals surface area contributed by atoms with Crippen LogP contribution in [0.5, 0.6) is 0 Å². The third-order valence-corrected chi connectivity index (χ3v) is 12.8. The van der Waals surface area contributed by atoms with E-state index in [0.29, 0.717) is 6.42 Å². The molecule has 3 unspecified atom stereocenters. The molecule has 57 heavy (non-hydrogen) atoms. The molecular weight excluding hydrogens is 701 g/mol. The summed E-state index contributed by atoms with van der Waals surface area (Å²) in [5.41, 5.74) is 0. The summed E-state index contributed by atoms with van der Waals surface area (Å²) in [6.07, 6.45) is 61.2. The summed E-state index contributed by atoms with van der Waals surface area (Å²) in [6, 6.07) is 0. The van der Waals surface area contributed by atoms with Crippen LogP contribution in [-0.2, 0) is 19.1 Å². The molecule has 4 nitrogen and oxygen atoms in total. The molecule has 0 bridgehead atoms. The maximum atomic E-state index is 13.1. The normalized spacial score (nSPS) is 17.2. The molecule has 0 spiro atoms. The van der Waals surface area contributed by atoms with Crippen molar-refractivity contribution in [1.82, 2.24) is 0 Å². The molecule has 0 N–H and O–H groups in total. The van der Waals surface area contributed by atoms with E-state index in [4.69, 9.17) is 9.47 Å². The Kier molecular flexibility index (Phi) is 39.9. The molecule has 0 saturated heterocycles. The number of carbonyl (C=O) groups is 2. The first-order chi connectivity index (χ1) is 28.1. The van der Waals surface area contributed by atoms with Crippen LogP contribution in [0.2, 0.25) is 0 Å². The van der Waals surface area contributed by atoms with E-state index >= 15 is 0 Å². The van der Waals surface area contributed by atoms with Gasteiger partial charge < -0.3 is 9.47 Å². The van der Waals surface area contributed by atoms with Crippen LogP contribution < -0.4 is 0 Å². The van der Waals surface area contributed by atoms with Gasteiger partial charge in [0, 0.05) is 0 Å². The maximum Gasteiger partial charge on any atom is 0.314 e. The van der Waals surface area contributed by atoms with Gasteiger partial charge in [-0.05, 0) is 56.6 Å². The predicted molar refractivity (Wildman–Crippen MR) is 247 cm³/mol. The molecule has 4 heteroatoms. The summed E-state index contributed by atoms with van der Waals surface area (Å²) in [5, 5.41) is 0. The summed E-state index contributed by atoms with van der Waals surface area (Å²) in [5.74, 6) is -1.28. The van der Waals surface area contributed by atoms with E-state index < -0.39 is 11.8 Å². The number of carbonyl (C=O) groups excluding carboxylic acids is 2. The number of ether oxygens (including phenoxy) is 2. The molecule has 0 heterocycles. The smallest absolute Gasteiger partial charge is 0.314 e. The Labute approximate surface area is 356 Å². The third-order valence-electron chi connectivity index (χ3n) is 12.8. The van der Waals surface area contributed by atoms with Crippen LogP contribution in [-0.4, -0.2) is 11.9 Å². The molecule has 1 fully saturated rings. The van der Waals surface area contributed by atoms with Gasteiger partial charge in [0.25, 0.3) is 0 Å². The Balaban J connectivity index is 2.00. The van der Waals surface area contributed by atoms with Crippen molar-refractivity contribution in [1.29, 1.82) is 0 Å². The monoisotopic (exact) mass is 799 g/mol. The van der Waals surface area contributed by atoms with Crippen molar-refractivity contribution in [2.75, 3.05) is 0 Å². The first-order valence-electron chi connectivity index (χ1n) is 25.8. The van der Waals surface area contributed by atoms with E-state index in [1.807, 2.05) is 12.2 Å². The minimum Gasteiger partial charge on any atom is -0.435 e. The molecule has 0 aliphatic heterocycles. The number of rotatable bonds is 42. The van der Waals surface area contributed by atoms with Crippen molar-refractivity contribution in [3.63, 3.8) is 0 Å². The SMILES string of the molecule is CCCCCCCCCCCCCCCCCCCCC=COC(=O)C1CCCC(C)C1C(=O)OC=CCCCCCCCCCCCCCCCCCCCC. The zero-order valence-electron chi connectivity index (χ0n) is 38.7. The van der Waals surface area contributed by atoms with Crippen LogP contribution in [0.4, 0.5) is 0 Å². The number of allylic oxidation sites excluding steroid dienone is 2. The summed E-state index contributed by atoms with van der Waals surface area (Å²) in [6.45, 7) is 6.65. The lowest BCUT2D eigenvalue weighted by molar-refractivity contribution is -0.159. The Morgan fingerprint density at radius 2 is 0.684 bits per heavy atom. The van der Waals surface area contributed by atoms with E-state index in [0.717, 1.165) is 38.5 Å². The minimum absolute atomic E-state index is 0.121. The lowest BCUT2D eigenvalue weighted by Crippen LogP contribution is -2.38. The van der Waals surface area contributed by atoms with Gasteiger partial charge in [-0.15, -0.1) is 0 Å². The Hall–Kier alpha value is -1.58. The second-order valence-electron chi connectivity index (χ2n) is 18.3. The van der Waals surface area contributed by atoms with Gasteiger partial charge in [-0.2, -0.15) is 0 Å². The predicted octanol–water partition coefficient (Wildman–Crippen LogP) is 18.0. The molecule has 0 radical (unpaired) electrons. The fourth-order valence-electron chi connectivity index (χ4n) is 8.94. The van der Waals surface area contributed by atoms with Gasteiger partial charge in [-0.1, -0.05) is 245 Å². The molecule has 0 aromatic rings. The van der Waals surface area contributed by atoms with Crippen LogP contribution in [0.1, 0.15) is 284 Å². The zero-order valence-corrected chi connectivity index (χ0v) is 38.7. The zero-order chi connectivity index (χ0) is 41.1. The minimum atomic E-state index is -0.427. The molecular formula is C53H98O4. The van der Waals surface area contributed by atoms with E-state index in [-0.39, 0.29) is 17.9 Å². The summed E-state index contributed by atoms with van der Waals surface area (Å²) >= 11 is 0. The van der Waals surface area contributed by atoms with E-state index in [2.05, 4.69) is 20.8 Å². The average molecular weight is 799 g/mol. The van der Waals surface area contributed by atoms with Gasteiger partial charge in [-0.25, -0.2) is 0 Å². The summed E-state index contributed by atoms with van der Waals surface area (Å²) in [7, 11) is 0. The molecule has 1 saturated carbocycles. The average Bonchev–Trinajstić information content (AvgIpc) is 3.21. The molecule has 1 aliphatic rings. The van der Waals surface area contributed by atoms with Crippen molar-refractivity contribution in [2.45, 2.75) is 284 Å². The van der Waals surface area contributed by atoms with Crippen LogP contribution in [0.15, 0.2) is 24.7 Å². The molecule has 0 aromatic carbocycles. The van der Waals surface area contributed by atoms with Crippen LogP contribution in [0.3, 0.4) is 0 Å². The molecule has 3 atom stereocenters. The van der Waals surface area contributed by atoms with Crippen molar-refractivity contribution in [3.05, 3.63) is 24.7 Å². The van der Waals surface area contributed by atoms with E-state index in [1.54, 1.807) is 12.5 Å². The highest BCUT2D eigenvalue weighted by Crippen LogP contribution is 2.36. The van der Waals surface area contributed by atoms with Gasteiger partial charge in [0.2, 0.25) is 0 Å². The molecule has 0 amide bonds. The van der Waals surface area contributed by atoms with Crippen molar-refractivity contribution in [3.8, 4) is 0 Å². The Morgan fingerprint density at radius 1 is 0.404 bits per heavy atom. The van der Waals surface area contributed by atoms with Crippen LogP contribution in [0, 0.1) is 17.8 Å². The fraction of sp³-hybridized carbons (Fsp3) is 0.887. The van der Waals surface area contributed by atoms with Gasteiger partial charge in [-0.3, -0.25) is 9.59 Å². The quantitative estimate of drug-likeness (QED) is 0.0351. The summed E-state index contributed by atoms with van der Waals surface area (Å²) < 4.78 is 11.1. The van der Waals surface area contributed by atoms with Gasteiger partial charge in [0.05, 0.1) is 24.4 Å². The Morgan fingerprint density at radius 3 is 1.00 bits per heavy atom. The Bertz CT molecular complexity index is 924. The fourth-order valence-corrected chi connectivity index (χ4v) is 8.94. The highest BCUT2D eigenvalue weighted by atomic mass is 16.5. The highest BCUT2D eigenvalue weighted by molar-refractivity contribution is 5.83. The van der Waals surface area contributed by atoms with E-state index in [1.165, 1.54) is 218 Å². The topological polar surface area (TPSA) is 52.6 Å². The second kappa shape index (κ2) is 42.5. The van der Waals surface area contributed by atoms with E-state index in [9.17, 15) is 9.59 Å². The van der Waals surface area contributed by atoms with Gasteiger partial charge >= 0.3 is 11.9 Å². The lowest BCUT2D eigenvalue weighted by Gasteiger charge is -2.32. The number of unbranched alkanes of at least 4 members (excludes halogenated alkanes) is 36. The van der Waals surface area contributed by atoms with Gasteiger partial charge in [0.15, 0.2) is 0 Å². The molecule has 1 rings (SSSR count). The van der Waals surface area contributed by atoms with Gasteiger partial charge in [0.1, 0.15) is 0 Å². The maximum absolute atomic E-state index is 13.1.